The molecule has 0 bridgehead atoms. The molecule has 0 aromatic carbocycles. The van der Waals surface area contributed by atoms with Crippen LogP contribution in [0.15, 0.2) is 0 Å². The van der Waals surface area contributed by atoms with Crippen LogP contribution < -0.4 is 5.73 Å². The Morgan fingerprint density at radius 3 is 2.29 bits per heavy atom. The molecule has 1 amide bonds. The highest BCUT2D eigenvalue weighted by molar-refractivity contribution is 5.74. The smallest absolute Gasteiger partial charge is 0.217 e. The van der Waals surface area contributed by atoms with Crippen molar-refractivity contribution in [3.8, 4) is 0 Å². The number of amides is 1. The summed E-state index contributed by atoms with van der Waals surface area (Å²) in [5.41, 5.74) is 5.59. The van der Waals surface area contributed by atoms with Gasteiger partial charge in [-0.2, -0.15) is 0 Å². The van der Waals surface area contributed by atoms with Crippen molar-refractivity contribution in [2.45, 2.75) is 58.8 Å². The lowest BCUT2D eigenvalue weighted by atomic mass is 9.67. The van der Waals surface area contributed by atoms with Crippen molar-refractivity contribution >= 4 is 5.91 Å². The van der Waals surface area contributed by atoms with Crippen LogP contribution in [0.25, 0.3) is 0 Å². The second-order valence-electron chi connectivity index (χ2n) is 5.30. The number of rotatable bonds is 4. The van der Waals surface area contributed by atoms with Gasteiger partial charge in [0.15, 0.2) is 0 Å². The first kappa shape index (κ1) is 11.5. The van der Waals surface area contributed by atoms with Crippen molar-refractivity contribution in [2.75, 3.05) is 0 Å². The molecular weight excluding hydrogens is 174 g/mol. The van der Waals surface area contributed by atoms with Crippen molar-refractivity contribution in [1.82, 2.24) is 0 Å². The zero-order valence-electron chi connectivity index (χ0n) is 9.51. The van der Waals surface area contributed by atoms with Gasteiger partial charge in [0.2, 0.25) is 5.91 Å². The Hall–Kier alpha value is -0.530. The summed E-state index contributed by atoms with van der Waals surface area (Å²) < 4.78 is 0. The summed E-state index contributed by atoms with van der Waals surface area (Å²) >= 11 is 0. The van der Waals surface area contributed by atoms with E-state index in [9.17, 15) is 4.79 Å². The van der Waals surface area contributed by atoms with E-state index in [2.05, 4.69) is 13.8 Å². The number of primary amides is 1. The second-order valence-corrected chi connectivity index (χ2v) is 5.30. The first-order chi connectivity index (χ1) is 6.54. The Morgan fingerprint density at radius 2 is 1.86 bits per heavy atom. The molecule has 2 heteroatoms. The van der Waals surface area contributed by atoms with E-state index in [4.69, 9.17) is 5.73 Å². The lowest BCUT2D eigenvalue weighted by Gasteiger charge is -2.38. The molecule has 1 rings (SSSR count). The van der Waals surface area contributed by atoms with Gasteiger partial charge in [-0.3, -0.25) is 4.79 Å². The molecule has 0 saturated heterocycles. The molecule has 14 heavy (non-hydrogen) atoms. The Morgan fingerprint density at radius 1 is 1.29 bits per heavy atom. The Bertz CT molecular complexity index is 192. The molecule has 2 nitrogen and oxygen atoms in total. The zero-order chi connectivity index (χ0) is 10.6. The number of hydrogen-bond donors (Lipinski definition) is 1. The third-order valence-electron chi connectivity index (χ3n) is 3.30. The molecule has 0 aromatic rings. The van der Waals surface area contributed by atoms with Crippen LogP contribution in [0, 0.1) is 11.3 Å². The van der Waals surface area contributed by atoms with Crippen molar-refractivity contribution in [3.63, 3.8) is 0 Å². The van der Waals surface area contributed by atoms with Crippen LogP contribution in [0.1, 0.15) is 58.8 Å². The SMILES string of the molecule is CC(C)CC1(CC(N)=O)CCCCC1. The van der Waals surface area contributed by atoms with Crippen LogP contribution in [0.4, 0.5) is 0 Å². The Labute approximate surface area is 87.2 Å². The standard InChI is InChI=1S/C12H23NO/c1-10(2)8-12(9-11(13)14)6-4-3-5-7-12/h10H,3-9H2,1-2H3,(H2,13,14). The van der Waals surface area contributed by atoms with Crippen LogP contribution in [0.3, 0.4) is 0 Å². The van der Waals surface area contributed by atoms with Crippen molar-refractivity contribution in [1.29, 1.82) is 0 Å². The maximum atomic E-state index is 11.1. The van der Waals surface area contributed by atoms with Crippen LogP contribution in [-0.4, -0.2) is 5.91 Å². The summed E-state index contributed by atoms with van der Waals surface area (Å²) in [6, 6.07) is 0. The summed E-state index contributed by atoms with van der Waals surface area (Å²) in [5, 5.41) is 0. The van der Waals surface area contributed by atoms with Crippen LogP contribution in [0.2, 0.25) is 0 Å². The summed E-state index contributed by atoms with van der Waals surface area (Å²) in [6.07, 6.45) is 8.06. The van der Waals surface area contributed by atoms with Gasteiger partial charge >= 0.3 is 0 Å². The monoisotopic (exact) mass is 197 g/mol. The molecule has 1 aliphatic carbocycles. The van der Waals surface area contributed by atoms with Crippen molar-refractivity contribution < 1.29 is 4.79 Å². The largest absolute Gasteiger partial charge is 0.370 e. The maximum Gasteiger partial charge on any atom is 0.217 e. The molecule has 1 fully saturated rings. The van der Waals surface area contributed by atoms with Gasteiger partial charge in [-0.15, -0.1) is 0 Å². The fraction of sp³-hybridized carbons (Fsp3) is 0.917. The molecule has 0 heterocycles. The molecule has 0 radical (unpaired) electrons. The Balaban J connectivity index is 2.61. The maximum absolute atomic E-state index is 11.1. The van der Waals surface area contributed by atoms with Gasteiger partial charge in [0.25, 0.3) is 0 Å². The molecule has 0 atom stereocenters. The number of hydrogen-bond acceptors (Lipinski definition) is 1. The fourth-order valence-corrected chi connectivity index (χ4v) is 2.99. The summed E-state index contributed by atoms with van der Waals surface area (Å²) in [4.78, 5) is 11.1. The predicted molar refractivity (Wildman–Crippen MR) is 58.8 cm³/mol. The molecule has 1 aliphatic rings. The minimum atomic E-state index is -0.118. The van der Waals surface area contributed by atoms with E-state index >= 15 is 0 Å². The van der Waals surface area contributed by atoms with Crippen LogP contribution in [0.5, 0.6) is 0 Å². The van der Waals surface area contributed by atoms with E-state index in [1.54, 1.807) is 0 Å². The lowest BCUT2D eigenvalue weighted by molar-refractivity contribution is -0.121. The van der Waals surface area contributed by atoms with Gasteiger partial charge < -0.3 is 5.73 Å². The summed E-state index contributed by atoms with van der Waals surface area (Å²) in [6.45, 7) is 4.47. The van der Waals surface area contributed by atoms with Crippen LogP contribution >= 0.6 is 0 Å². The average molecular weight is 197 g/mol. The summed E-state index contributed by atoms with van der Waals surface area (Å²) in [7, 11) is 0. The van der Waals surface area contributed by atoms with Crippen molar-refractivity contribution in [3.05, 3.63) is 0 Å². The highest BCUT2D eigenvalue weighted by atomic mass is 16.1. The number of carbonyl (C=O) groups is 1. The first-order valence-corrected chi connectivity index (χ1v) is 5.82. The van der Waals surface area contributed by atoms with E-state index in [1.807, 2.05) is 0 Å². The van der Waals surface area contributed by atoms with E-state index in [1.165, 1.54) is 32.1 Å². The third-order valence-corrected chi connectivity index (χ3v) is 3.30. The van der Waals surface area contributed by atoms with Crippen molar-refractivity contribution in [2.24, 2.45) is 17.1 Å². The van der Waals surface area contributed by atoms with E-state index in [0.717, 1.165) is 6.42 Å². The summed E-state index contributed by atoms with van der Waals surface area (Å²) in [5.74, 6) is 0.556. The van der Waals surface area contributed by atoms with Gasteiger partial charge in [-0.05, 0) is 30.6 Å². The second kappa shape index (κ2) is 4.81. The zero-order valence-corrected chi connectivity index (χ0v) is 9.51. The normalized spacial score (nSPS) is 21.1. The molecule has 0 unspecified atom stereocenters. The topological polar surface area (TPSA) is 43.1 Å². The quantitative estimate of drug-likeness (QED) is 0.740. The fourth-order valence-electron chi connectivity index (χ4n) is 2.99. The minimum absolute atomic E-state index is 0.118. The average Bonchev–Trinajstić information content (AvgIpc) is 2.01. The molecule has 82 valence electrons. The predicted octanol–water partition coefficient (Wildman–Crippen LogP) is 2.86. The molecule has 0 spiro atoms. The third kappa shape index (κ3) is 3.32. The number of nitrogens with two attached hydrogens (primary N) is 1. The highest BCUT2D eigenvalue weighted by Crippen LogP contribution is 2.43. The highest BCUT2D eigenvalue weighted by Gasteiger charge is 2.33. The molecule has 0 aromatic heterocycles. The molecular formula is C12H23NO. The van der Waals surface area contributed by atoms with Gasteiger partial charge in [-0.1, -0.05) is 33.1 Å². The van der Waals surface area contributed by atoms with Crippen LogP contribution in [-0.2, 0) is 4.79 Å². The molecule has 2 N–H and O–H groups in total. The molecule has 1 saturated carbocycles. The van der Waals surface area contributed by atoms with E-state index in [-0.39, 0.29) is 11.3 Å². The lowest BCUT2D eigenvalue weighted by Crippen LogP contribution is -2.31. The van der Waals surface area contributed by atoms with E-state index in [0.29, 0.717) is 12.3 Å². The molecule has 0 aliphatic heterocycles. The van der Waals surface area contributed by atoms with Gasteiger partial charge in [0.05, 0.1) is 0 Å². The van der Waals surface area contributed by atoms with Gasteiger partial charge in [0.1, 0.15) is 0 Å². The Kier molecular flexibility index (Phi) is 3.97. The van der Waals surface area contributed by atoms with Gasteiger partial charge in [0, 0.05) is 6.42 Å². The minimum Gasteiger partial charge on any atom is -0.370 e. The van der Waals surface area contributed by atoms with E-state index < -0.39 is 0 Å². The first-order valence-electron chi connectivity index (χ1n) is 5.82. The van der Waals surface area contributed by atoms with Gasteiger partial charge in [-0.25, -0.2) is 0 Å². The number of carbonyl (C=O) groups excluding carboxylic acids is 1.